The Morgan fingerprint density at radius 3 is 2.44 bits per heavy atom. The molecule has 0 atom stereocenters. The van der Waals surface area contributed by atoms with Gasteiger partial charge < -0.3 is 19.4 Å². The molecular weight excluding hydrogens is 454 g/mol. The minimum atomic E-state index is -3.32. The minimum Gasteiger partial charge on any atom is -0.460 e. The molecule has 1 amide bonds. The van der Waals surface area contributed by atoms with E-state index in [4.69, 9.17) is 9.15 Å². The average molecular weight is 480 g/mol. The lowest BCUT2D eigenvalue weighted by molar-refractivity contribution is 0.102. The number of aromatic nitrogens is 1. The van der Waals surface area contributed by atoms with Crippen molar-refractivity contribution in [2.75, 3.05) is 25.7 Å². The minimum absolute atomic E-state index is 0.195. The molecule has 1 N–H and O–H groups in total. The normalized spacial score (nSPS) is 11.7. The summed E-state index contributed by atoms with van der Waals surface area (Å²) in [5, 5.41) is 3.48. The lowest BCUT2D eigenvalue weighted by Gasteiger charge is -2.10. The van der Waals surface area contributed by atoms with Gasteiger partial charge in [-0.3, -0.25) is 4.79 Å². The number of benzene rings is 2. The molecule has 34 heavy (non-hydrogen) atoms. The zero-order valence-electron chi connectivity index (χ0n) is 19.3. The van der Waals surface area contributed by atoms with Crippen LogP contribution in [0.1, 0.15) is 21.7 Å². The molecule has 0 aliphatic carbocycles. The Bertz CT molecular complexity index is 1440. The first-order chi connectivity index (χ1) is 16.1. The number of hydrogen-bond acceptors (Lipinski definition) is 7. The number of aryl methyl sites for hydroxylation is 1. The van der Waals surface area contributed by atoms with Crippen molar-refractivity contribution in [3.63, 3.8) is 0 Å². The summed E-state index contributed by atoms with van der Waals surface area (Å²) in [6.45, 7) is 2.49. The van der Waals surface area contributed by atoms with E-state index < -0.39 is 9.84 Å². The summed E-state index contributed by atoms with van der Waals surface area (Å²) >= 11 is 0. The van der Waals surface area contributed by atoms with Crippen molar-refractivity contribution in [2.45, 2.75) is 18.4 Å². The first-order valence-corrected chi connectivity index (χ1v) is 12.4. The summed E-state index contributed by atoms with van der Waals surface area (Å²) in [6, 6.07) is 14.9. The number of sulfone groups is 1. The number of furan rings is 1. The Balaban J connectivity index is 1.71. The van der Waals surface area contributed by atoms with Crippen LogP contribution in [-0.2, 0) is 16.4 Å². The Morgan fingerprint density at radius 2 is 1.82 bits per heavy atom. The lowest BCUT2D eigenvalue weighted by Crippen LogP contribution is -2.13. The van der Waals surface area contributed by atoms with Gasteiger partial charge in [0.25, 0.3) is 5.91 Å². The molecule has 0 saturated heterocycles. The highest BCUT2D eigenvalue weighted by Gasteiger charge is 2.17. The number of nitrogens with zero attached hydrogens (tertiary/aromatic N) is 2. The van der Waals surface area contributed by atoms with Crippen molar-refractivity contribution in [2.24, 2.45) is 0 Å². The summed E-state index contributed by atoms with van der Waals surface area (Å²) in [4.78, 5) is 19.3. The van der Waals surface area contributed by atoms with Crippen LogP contribution in [0.2, 0.25) is 0 Å². The Kier molecular flexibility index (Phi) is 6.41. The highest BCUT2D eigenvalue weighted by Crippen LogP contribution is 2.34. The van der Waals surface area contributed by atoms with Crippen LogP contribution in [0, 0.1) is 6.92 Å². The van der Waals surface area contributed by atoms with E-state index in [9.17, 15) is 13.2 Å². The molecule has 4 aromatic rings. The van der Waals surface area contributed by atoms with Crippen LogP contribution in [-0.4, -0.2) is 44.6 Å². The van der Waals surface area contributed by atoms with E-state index in [0.717, 1.165) is 17.6 Å². The summed E-state index contributed by atoms with van der Waals surface area (Å²) < 4.78 is 35.6. The Morgan fingerprint density at radius 1 is 1.09 bits per heavy atom. The van der Waals surface area contributed by atoms with Crippen LogP contribution in [0.15, 0.2) is 70.1 Å². The molecule has 2 heterocycles. The number of ether oxygens (including phenoxy) is 1. The van der Waals surface area contributed by atoms with E-state index in [-0.39, 0.29) is 10.8 Å². The van der Waals surface area contributed by atoms with E-state index in [0.29, 0.717) is 40.4 Å². The SMILES string of the molecule is Cc1ccc(NC(=O)c2cc(Oc3ccc(S(C)(=O)=O)cc3)c3cc(CN(C)C)oc3c2)nc1. The first kappa shape index (κ1) is 23.5. The van der Waals surface area contributed by atoms with Crippen LogP contribution in [0.4, 0.5) is 5.82 Å². The number of carbonyl (C=O) groups excluding carboxylic acids is 1. The number of anilines is 1. The standard InChI is InChI=1S/C25H25N3O5S/c1-16-5-10-24(26-14-16)27-25(29)17-11-22(21-13-19(15-28(2)3)33-23(21)12-17)32-18-6-8-20(9-7-18)34(4,30)31/h5-14H,15H2,1-4H3,(H,26,27,29). The van der Waals surface area contributed by atoms with Gasteiger partial charge in [0, 0.05) is 18.0 Å². The highest BCUT2D eigenvalue weighted by molar-refractivity contribution is 7.90. The quantitative estimate of drug-likeness (QED) is 0.412. The molecule has 176 valence electrons. The van der Waals surface area contributed by atoms with E-state index in [1.165, 1.54) is 12.1 Å². The number of rotatable bonds is 7. The predicted octanol–water partition coefficient (Wildman–Crippen LogP) is 4.65. The summed E-state index contributed by atoms with van der Waals surface area (Å²) in [5.74, 6) is 1.64. The molecule has 0 aliphatic rings. The van der Waals surface area contributed by atoms with Crippen molar-refractivity contribution in [1.29, 1.82) is 0 Å². The number of nitrogens with one attached hydrogen (secondary N) is 1. The maximum atomic E-state index is 13.0. The molecule has 0 unspecified atom stereocenters. The molecule has 4 rings (SSSR count). The Labute approximate surface area is 198 Å². The van der Waals surface area contributed by atoms with Crippen molar-refractivity contribution >= 4 is 32.5 Å². The van der Waals surface area contributed by atoms with Gasteiger partial charge in [0.1, 0.15) is 28.7 Å². The van der Waals surface area contributed by atoms with Crippen molar-refractivity contribution in [3.8, 4) is 11.5 Å². The molecule has 0 aliphatic heterocycles. The number of fused-ring (bicyclic) bond motifs is 1. The van der Waals surface area contributed by atoms with Crippen molar-refractivity contribution in [3.05, 3.63) is 77.7 Å². The molecule has 0 saturated carbocycles. The number of pyridine rings is 1. The van der Waals surface area contributed by atoms with E-state index >= 15 is 0 Å². The van der Waals surface area contributed by atoms with Gasteiger partial charge in [0.2, 0.25) is 0 Å². The average Bonchev–Trinajstić information content (AvgIpc) is 3.17. The van der Waals surface area contributed by atoms with Gasteiger partial charge in [-0.25, -0.2) is 13.4 Å². The second kappa shape index (κ2) is 9.28. The topological polar surface area (TPSA) is 102 Å². The van der Waals surface area contributed by atoms with Gasteiger partial charge in [0.15, 0.2) is 9.84 Å². The summed E-state index contributed by atoms with van der Waals surface area (Å²) in [5.41, 5.74) is 1.83. The smallest absolute Gasteiger partial charge is 0.257 e. The third-order valence-corrected chi connectivity index (χ3v) is 6.15. The van der Waals surface area contributed by atoms with E-state index in [2.05, 4.69) is 10.3 Å². The van der Waals surface area contributed by atoms with Gasteiger partial charge in [-0.2, -0.15) is 0 Å². The zero-order chi connectivity index (χ0) is 24.5. The summed E-state index contributed by atoms with van der Waals surface area (Å²) in [6.07, 6.45) is 2.82. The maximum Gasteiger partial charge on any atom is 0.257 e. The first-order valence-electron chi connectivity index (χ1n) is 10.5. The fraction of sp³-hybridized carbons (Fsp3) is 0.200. The van der Waals surface area contributed by atoms with Gasteiger partial charge >= 0.3 is 0 Å². The largest absolute Gasteiger partial charge is 0.460 e. The van der Waals surface area contributed by atoms with Crippen LogP contribution < -0.4 is 10.1 Å². The molecule has 2 aromatic heterocycles. The van der Waals surface area contributed by atoms with Gasteiger partial charge in [-0.05, 0) is 75.1 Å². The molecular formula is C25H25N3O5S. The van der Waals surface area contributed by atoms with Crippen LogP contribution in [0.5, 0.6) is 11.5 Å². The fourth-order valence-corrected chi connectivity index (χ4v) is 4.01. The number of amides is 1. The maximum absolute atomic E-state index is 13.0. The summed E-state index contributed by atoms with van der Waals surface area (Å²) in [7, 11) is 0.544. The van der Waals surface area contributed by atoms with Gasteiger partial charge in [-0.15, -0.1) is 0 Å². The van der Waals surface area contributed by atoms with Crippen LogP contribution in [0.25, 0.3) is 11.0 Å². The number of hydrogen-bond donors (Lipinski definition) is 1. The molecule has 8 nitrogen and oxygen atoms in total. The van der Waals surface area contributed by atoms with Gasteiger partial charge in [-0.1, -0.05) is 6.07 Å². The molecule has 9 heteroatoms. The third-order valence-electron chi connectivity index (χ3n) is 5.02. The van der Waals surface area contributed by atoms with Crippen LogP contribution in [0.3, 0.4) is 0 Å². The monoisotopic (exact) mass is 479 g/mol. The van der Waals surface area contributed by atoms with Crippen molar-refractivity contribution in [1.82, 2.24) is 9.88 Å². The molecule has 0 bridgehead atoms. The predicted molar refractivity (Wildman–Crippen MR) is 130 cm³/mol. The lowest BCUT2D eigenvalue weighted by atomic mass is 10.1. The second-order valence-electron chi connectivity index (χ2n) is 8.36. The molecule has 0 spiro atoms. The Hall–Kier alpha value is -3.69. The van der Waals surface area contributed by atoms with Crippen molar-refractivity contribution < 1.29 is 22.4 Å². The zero-order valence-corrected chi connectivity index (χ0v) is 20.1. The highest BCUT2D eigenvalue weighted by atomic mass is 32.2. The number of carbonyl (C=O) groups is 1. The molecule has 0 fully saturated rings. The third kappa shape index (κ3) is 5.44. The molecule has 0 radical (unpaired) electrons. The molecule has 2 aromatic carbocycles. The van der Waals surface area contributed by atoms with Gasteiger partial charge in [0.05, 0.1) is 16.8 Å². The van der Waals surface area contributed by atoms with E-state index in [1.807, 2.05) is 38.1 Å². The van der Waals surface area contributed by atoms with E-state index in [1.54, 1.807) is 36.5 Å². The van der Waals surface area contributed by atoms with Crippen LogP contribution >= 0.6 is 0 Å². The fourth-order valence-electron chi connectivity index (χ4n) is 3.38. The second-order valence-corrected chi connectivity index (χ2v) is 10.4.